The van der Waals surface area contributed by atoms with Crippen LogP contribution in [0.4, 0.5) is 0 Å². The maximum atomic E-state index is 9.46. The highest BCUT2D eigenvalue weighted by molar-refractivity contribution is 5.86. The van der Waals surface area contributed by atoms with Crippen molar-refractivity contribution in [1.82, 2.24) is 4.57 Å². The van der Waals surface area contributed by atoms with E-state index in [0.717, 1.165) is 16.7 Å². The van der Waals surface area contributed by atoms with E-state index in [4.69, 9.17) is 9.84 Å². The van der Waals surface area contributed by atoms with Crippen LogP contribution in [0.1, 0.15) is 6.92 Å². The van der Waals surface area contributed by atoms with Crippen LogP contribution in [0, 0.1) is 0 Å². The topological polar surface area (TPSA) is 54.6 Å². The standard InChI is InChI=1S/C13H17NO3/c1-2-17-13-5-3-4-12-11(13)6-7-14(12)8-10(16)9-15/h3-7,10,15-16H,2,8-9H2,1H3. The zero-order valence-corrected chi connectivity index (χ0v) is 9.84. The third kappa shape index (κ3) is 2.43. The van der Waals surface area contributed by atoms with Crippen molar-refractivity contribution in [3.8, 4) is 5.75 Å². The molecule has 0 aliphatic heterocycles. The molecule has 0 amide bonds. The first kappa shape index (κ1) is 12.0. The summed E-state index contributed by atoms with van der Waals surface area (Å²) in [6, 6.07) is 7.79. The largest absolute Gasteiger partial charge is 0.493 e. The van der Waals surface area contributed by atoms with Crippen molar-refractivity contribution in [3.63, 3.8) is 0 Å². The Morgan fingerprint density at radius 3 is 2.88 bits per heavy atom. The van der Waals surface area contributed by atoms with E-state index in [1.807, 2.05) is 42.0 Å². The molecule has 0 saturated carbocycles. The Kier molecular flexibility index (Phi) is 3.66. The van der Waals surface area contributed by atoms with E-state index >= 15 is 0 Å². The van der Waals surface area contributed by atoms with E-state index in [-0.39, 0.29) is 6.61 Å². The fourth-order valence-corrected chi connectivity index (χ4v) is 1.92. The van der Waals surface area contributed by atoms with Crippen molar-refractivity contribution >= 4 is 10.9 Å². The molecule has 0 saturated heterocycles. The Bertz CT molecular complexity index is 492. The summed E-state index contributed by atoms with van der Waals surface area (Å²) in [4.78, 5) is 0. The predicted molar refractivity (Wildman–Crippen MR) is 66.2 cm³/mol. The lowest BCUT2D eigenvalue weighted by molar-refractivity contribution is 0.0822. The molecule has 0 fully saturated rings. The summed E-state index contributed by atoms with van der Waals surface area (Å²) in [5.74, 6) is 0.849. The number of benzene rings is 1. The minimum Gasteiger partial charge on any atom is -0.493 e. The molecule has 2 aromatic rings. The maximum Gasteiger partial charge on any atom is 0.128 e. The van der Waals surface area contributed by atoms with E-state index in [0.29, 0.717) is 13.2 Å². The molecule has 92 valence electrons. The van der Waals surface area contributed by atoms with Crippen LogP contribution in [-0.4, -0.2) is 34.1 Å². The third-order valence-corrected chi connectivity index (χ3v) is 2.69. The van der Waals surface area contributed by atoms with Gasteiger partial charge in [0.15, 0.2) is 0 Å². The monoisotopic (exact) mass is 235 g/mol. The van der Waals surface area contributed by atoms with Crippen molar-refractivity contribution < 1.29 is 14.9 Å². The first-order valence-corrected chi connectivity index (χ1v) is 5.75. The number of aliphatic hydroxyl groups excluding tert-OH is 2. The van der Waals surface area contributed by atoms with E-state index in [2.05, 4.69) is 0 Å². The molecular formula is C13H17NO3. The summed E-state index contributed by atoms with van der Waals surface area (Å²) < 4.78 is 7.45. The summed E-state index contributed by atoms with van der Waals surface area (Å²) in [6.07, 6.45) is 1.16. The highest BCUT2D eigenvalue weighted by Crippen LogP contribution is 2.26. The molecule has 1 unspecified atom stereocenters. The number of rotatable bonds is 5. The van der Waals surface area contributed by atoms with E-state index < -0.39 is 6.10 Å². The average Bonchev–Trinajstić information content (AvgIpc) is 2.74. The zero-order chi connectivity index (χ0) is 12.3. The van der Waals surface area contributed by atoms with Crippen LogP contribution in [0.3, 0.4) is 0 Å². The molecule has 17 heavy (non-hydrogen) atoms. The minimum absolute atomic E-state index is 0.231. The Labute approximate surface area is 100 Å². The van der Waals surface area contributed by atoms with Gasteiger partial charge in [-0.2, -0.15) is 0 Å². The van der Waals surface area contributed by atoms with Crippen LogP contribution in [0.15, 0.2) is 30.5 Å². The molecule has 0 radical (unpaired) electrons. The second-order valence-corrected chi connectivity index (χ2v) is 3.93. The Morgan fingerprint density at radius 2 is 2.18 bits per heavy atom. The number of hydrogen-bond acceptors (Lipinski definition) is 3. The molecule has 0 aliphatic rings. The molecule has 2 N–H and O–H groups in total. The second-order valence-electron chi connectivity index (χ2n) is 3.93. The molecule has 1 atom stereocenters. The van der Waals surface area contributed by atoms with Gasteiger partial charge in [-0.25, -0.2) is 0 Å². The summed E-state index contributed by atoms with van der Waals surface area (Å²) in [5.41, 5.74) is 1.00. The Hall–Kier alpha value is -1.52. The number of aromatic nitrogens is 1. The summed E-state index contributed by atoms with van der Waals surface area (Å²) in [7, 11) is 0. The lowest BCUT2D eigenvalue weighted by atomic mass is 10.2. The van der Waals surface area contributed by atoms with Gasteiger partial charge in [0.2, 0.25) is 0 Å². The van der Waals surface area contributed by atoms with Gasteiger partial charge in [-0.3, -0.25) is 0 Å². The smallest absolute Gasteiger partial charge is 0.128 e. The second kappa shape index (κ2) is 5.21. The number of nitrogens with zero attached hydrogens (tertiary/aromatic N) is 1. The molecule has 0 bridgehead atoms. The summed E-state index contributed by atoms with van der Waals surface area (Å²) >= 11 is 0. The van der Waals surface area contributed by atoms with Gasteiger partial charge < -0.3 is 19.5 Å². The van der Waals surface area contributed by atoms with Gasteiger partial charge in [0.1, 0.15) is 5.75 Å². The van der Waals surface area contributed by atoms with Crippen LogP contribution < -0.4 is 4.74 Å². The fraction of sp³-hybridized carbons (Fsp3) is 0.385. The molecule has 2 rings (SSSR count). The van der Waals surface area contributed by atoms with Crippen LogP contribution in [0.5, 0.6) is 5.75 Å². The van der Waals surface area contributed by atoms with E-state index in [1.54, 1.807) is 0 Å². The van der Waals surface area contributed by atoms with Crippen LogP contribution in [-0.2, 0) is 6.54 Å². The maximum absolute atomic E-state index is 9.46. The van der Waals surface area contributed by atoms with Crippen molar-refractivity contribution in [2.24, 2.45) is 0 Å². The van der Waals surface area contributed by atoms with Gasteiger partial charge in [0.05, 0.1) is 31.4 Å². The lowest BCUT2D eigenvalue weighted by Crippen LogP contribution is -2.19. The van der Waals surface area contributed by atoms with Crippen LogP contribution >= 0.6 is 0 Å². The number of aliphatic hydroxyl groups is 2. The van der Waals surface area contributed by atoms with Crippen molar-refractivity contribution in [2.45, 2.75) is 19.6 Å². The normalized spacial score (nSPS) is 12.9. The molecular weight excluding hydrogens is 218 g/mol. The SMILES string of the molecule is CCOc1cccc2c1ccn2CC(O)CO. The van der Waals surface area contributed by atoms with E-state index in [1.165, 1.54) is 0 Å². The highest BCUT2D eigenvalue weighted by atomic mass is 16.5. The fourth-order valence-electron chi connectivity index (χ4n) is 1.92. The Morgan fingerprint density at radius 1 is 1.35 bits per heavy atom. The quantitative estimate of drug-likeness (QED) is 0.823. The number of hydrogen-bond donors (Lipinski definition) is 2. The first-order valence-electron chi connectivity index (χ1n) is 5.75. The van der Waals surface area contributed by atoms with E-state index in [9.17, 15) is 5.11 Å². The molecule has 1 aromatic carbocycles. The molecule has 1 heterocycles. The van der Waals surface area contributed by atoms with Crippen molar-refractivity contribution in [3.05, 3.63) is 30.5 Å². The summed E-state index contributed by atoms with van der Waals surface area (Å²) in [6.45, 7) is 2.73. The van der Waals surface area contributed by atoms with Crippen LogP contribution in [0.25, 0.3) is 10.9 Å². The molecule has 1 aromatic heterocycles. The van der Waals surface area contributed by atoms with Gasteiger partial charge in [0, 0.05) is 11.6 Å². The molecule has 0 spiro atoms. The number of fused-ring (bicyclic) bond motifs is 1. The molecule has 4 heteroatoms. The van der Waals surface area contributed by atoms with Gasteiger partial charge in [-0.15, -0.1) is 0 Å². The minimum atomic E-state index is -0.735. The molecule has 0 aliphatic carbocycles. The van der Waals surface area contributed by atoms with Crippen molar-refractivity contribution in [2.75, 3.05) is 13.2 Å². The summed E-state index contributed by atoms with van der Waals surface area (Å²) in [5, 5.41) is 19.3. The number of ether oxygens (including phenoxy) is 1. The van der Waals surface area contributed by atoms with Crippen LogP contribution in [0.2, 0.25) is 0 Å². The van der Waals surface area contributed by atoms with Gasteiger partial charge in [0.25, 0.3) is 0 Å². The third-order valence-electron chi connectivity index (χ3n) is 2.69. The van der Waals surface area contributed by atoms with Crippen molar-refractivity contribution in [1.29, 1.82) is 0 Å². The first-order chi connectivity index (χ1) is 8.26. The average molecular weight is 235 g/mol. The zero-order valence-electron chi connectivity index (χ0n) is 9.84. The Balaban J connectivity index is 2.36. The van der Waals surface area contributed by atoms with Gasteiger partial charge >= 0.3 is 0 Å². The lowest BCUT2D eigenvalue weighted by Gasteiger charge is -2.10. The van der Waals surface area contributed by atoms with Gasteiger partial charge in [-0.05, 0) is 25.1 Å². The molecule has 4 nitrogen and oxygen atoms in total. The highest BCUT2D eigenvalue weighted by Gasteiger charge is 2.09. The predicted octanol–water partition coefficient (Wildman–Crippen LogP) is 1.39. The van der Waals surface area contributed by atoms with Gasteiger partial charge in [-0.1, -0.05) is 6.07 Å².